The Morgan fingerprint density at radius 1 is 0.778 bits per heavy atom. The molecule has 0 heterocycles. The smallest absolute Gasteiger partial charge is 0.188 e. The van der Waals surface area contributed by atoms with Gasteiger partial charge in [-0.15, -0.1) is 3.63 Å². The fraction of sp³-hybridized carbons (Fsp3) is 1.00. The Labute approximate surface area is 99.0 Å². The quantitative estimate of drug-likeness (QED) is 0.574. The summed E-state index contributed by atoms with van der Waals surface area (Å²) < 4.78 is 110. The van der Waals surface area contributed by atoms with Gasteiger partial charge in [0.15, 0.2) is 0 Å². The second-order valence-corrected chi connectivity index (χ2v) is 5.86. The van der Waals surface area contributed by atoms with Gasteiger partial charge in [-0.25, -0.2) is 0 Å². The van der Waals surface area contributed by atoms with Crippen LogP contribution in [0.25, 0.3) is 0 Å². The Hall–Kier alpha value is -0.560. The van der Waals surface area contributed by atoms with Crippen LogP contribution in [0.4, 0.5) is 26.3 Å². The molecule has 5 nitrogen and oxygen atoms in total. The maximum atomic E-state index is 11.4. The highest BCUT2D eigenvalue weighted by atomic mass is 32.3. The average Bonchev–Trinajstić information content (AvgIpc) is 1.98. The summed E-state index contributed by atoms with van der Waals surface area (Å²) >= 11 is 0. The molecule has 0 bridgehead atoms. The van der Waals surface area contributed by atoms with Crippen LogP contribution in [-0.4, -0.2) is 27.9 Å². The summed E-state index contributed by atoms with van der Waals surface area (Å²) in [4.78, 5) is 0. The molecule has 13 heteroatoms. The minimum absolute atomic E-state index is 1.25. The Bertz CT molecular complexity index is 402. The third-order valence-corrected chi connectivity index (χ3v) is 3.31. The van der Waals surface area contributed by atoms with Gasteiger partial charge in [0.2, 0.25) is 0 Å². The van der Waals surface area contributed by atoms with E-state index < -0.39 is 31.3 Å². The first kappa shape index (κ1) is 19.8. The second-order valence-electron chi connectivity index (χ2n) is 2.57. The highest BCUT2D eigenvalue weighted by Gasteiger charge is 2.57. The van der Waals surface area contributed by atoms with Gasteiger partial charge in [-0.3, -0.25) is 0 Å². The summed E-state index contributed by atoms with van der Waals surface area (Å²) in [6.45, 7) is 4.25. The topological polar surface area (TPSA) is 77.5 Å². The van der Waals surface area contributed by atoms with Crippen molar-refractivity contribution in [3.05, 3.63) is 0 Å². The van der Waals surface area contributed by atoms with Gasteiger partial charge in [0.1, 0.15) is 0 Å². The summed E-state index contributed by atoms with van der Waals surface area (Å²) in [5.74, 6) is 0. The van der Waals surface area contributed by atoms with Crippen LogP contribution in [0.3, 0.4) is 0 Å². The van der Waals surface area contributed by atoms with E-state index >= 15 is 0 Å². The van der Waals surface area contributed by atoms with Crippen LogP contribution in [0, 0.1) is 0 Å². The number of halogens is 6. The molecule has 0 aromatic rings. The Morgan fingerprint density at radius 3 is 1.06 bits per heavy atom. The first-order chi connectivity index (χ1) is 7.62. The monoisotopic (exact) mass is 326 g/mol. The van der Waals surface area contributed by atoms with E-state index in [2.05, 4.69) is 13.8 Å². The molecule has 0 aromatic carbocycles. The van der Waals surface area contributed by atoms with E-state index in [1.807, 2.05) is 3.63 Å². The lowest BCUT2D eigenvalue weighted by Crippen LogP contribution is -2.34. The summed E-state index contributed by atoms with van der Waals surface area (Å²) in [5, 5.41) is 0. The summed E-state index contributed by atoms with van der Waals surface area (Å²) in [6.07, 6.45) is 1.25. The normalized spacial score (nSPS) is 13.8. The molecule has 0 atom stereocenters. The van der Waals surface area contributed by atoms with Crippen LogP contribution < -0.4 is 0 Å². The van der Waals surface area contributed by atoms with Gasteiger partial charge in [0.05, 0.1) is 0 Å². The van der Waals surface area contributed by atoms with E-state index in [-0.39, 0.29) is 0 Å². The molecule has 0 aromatic heterocycles. The maximum Gasteiger partial charge on any atom is 0.524 e. The SMILES string of the molecule is CCC.O=S(=O)(OS(=O)(=O)C(F)(F)F)C(F)(F)F. The minimum Gasteiger partial charge on any atom is -0.188 e. The highest BCUT2D eigenvalue weighted by Crippen LogP contribution is 2.31. The molecule has 0 spiro atoms. The standard InChI is InChI=1S/C3H8.C2F6O5S2/c1-3-2;3-1(4,5)14(9,10)13-15(11,12)2(6,7)8/h3H2,1-2H3;. The molecule has 0 N–H and O–H groups in total. The van der Waals surface area contributed by atoms with Crippen molar-refractivity contribution in [2.45, 2.75) is 31.3 Å². The zero-order valence-electron chi connectivity index (χ0n) is 8.83. The minimum atomic E-state index is -6.85. The lowest BCUT2D eigenvalue weighted by molar-refractivity contribution is -0.0585. The van der Waals surface area contributed by atoms with Gasteiger partial charge < -0.3 is 0 Å². The largest absolute Gasteiger partial charge is 0.524 e. The third-order valence-electron chi connectivity index (χ3n) is 0.746. The molecule has 18 heavy (non-hydrogen) atoms. The van der Waals surface area contributed by atoms with E-state index in [0.717, 1.165) is 0 Å². The van der Waals surface area contributed by atoms with E-state index in [4.69, 9.17) is 0 Å². The van der Waals surface area contributed by atoms with E-state index in [0.29, 0.717) is 0 Å². The molecule has 0 rings (SSSR count). The highest BCUT2D eigenvalue weighted by molar-refractivity contribution is 8.00. The van der Waals surface area contributed by atoms with Gasteiger partial charge in [0, 0.05) is 0 Å². The number of hydrogen-bond donors (Lipinski definition) is 0. The second kappa shape index (κ2) is 6.06. The van der Waals surface area contributed by atoms with Crippen molar-refractivity contribution in [3.63, 3.8) is 0 Å². The molecular formula is C5H8F6O5S2. The maximum absolute atomic E-state index is 11.4. The molecular weight excluding hydrogens is 318 g/mol. The van der Waals surface area contributed by atoms with Crippen LogP contribution in [0.2, 0.25) is 0 Å². The number of rotatable bonds is 2. The van der Waals surface area contributed by atoms with E-state index in [1.165, 1.54) is 6.42 Å². The van der Waals surface area contributed by atoms with Crippen LogP contribution in [-0.2, 0) is 23.9 Å². The number of alkyl halides is 6. The van der Waals surface area contributed by atoms with Crippen molar-refractivity contribution in [2.24, 2.45) is 0 Å². The molecule has 0 aliphatic rings. The zero-order valence-corrected chi connectivity index (χ0v) is 10.5. The average molecular weight is 326 g/mol. The molecule has 0 fully saturated rings. The number of hydrogen-bond acceptors (Lipinski definition) is 5. The van der Waals surface area contributed by atoms with Crippen molar-refractivity contribution in [1.82, 2.24) is 0 Å². The van der Waals surface area contributed by atoms with E-state index in [9.17, 15) is 43.2 Å². The van der Waals surface area contributed by atoms with Gasteiger partial charge in [0.25, 0.3) is 0 Å². The van der Waals surface area contributed by atoms with E-state index in [1.54, 1.807) is 0 Å². The van der Waals surface area contributed by atoms with Crippen molar-refractivity contribution < 1.29 is 46.8 Å². The molecule has 0 saturated carbocycles. The van der Waals surface area contributed by atoms with Crippen molar-refractivity contribution in [1.29, 1.82) is 0 Å². The van der Waals surface area contributed by atoms with Crippen LogP contribution in [0.15, 0.2) is 0 Å². The molecule has 0 unspecified atom stereocenters. The molecule has 0 saturated heterocycles. The molecule has 0 aliphatic carbocycles. The first-order valence-corrected chi connectivity index (χ1v) is 6.77. The van der Waals surface area contributed by atoms with Gasteiger partial charge in [-0.2, -0.15) is 43.2 Å². The Balaban J connectivity index is 0. The lowest BCUT2D eigenvalue weighted by Gasteiger charge is -2.09. The van der Waals surface area contributed by atoms with Gasteiger partial charge in [-0.1, -0.05) is 20.3 Å². The summed E-state index contributed by atoms with van der Waals surface area (Å²) in [7, 11) is -13.7. The fourth-order valence-corrected chi connectivity index (χ4v) is 1.76. The molecule has 0 aliphatic heterocycles. The van der Waals surface area contributed by atoms with Gasteiger partial charge >= 0.3 is 31.3 Å². The van der Waals surface area contributed by atoms with Crippen molar-refractivity contribution in [3.8, 4) is 0 Å². The van der Waals surface area contributed by atoms with Crippen LogP contribution >= 0.6 is 0 Å². The third kappa shape index (κ3) is 5.86. The van der Waals surface area contributed by atoms with Crippen molar-refractivity contribution in [2.75, 3.05) is 0 Å². The first-order valence-electron chi connectivity index (χ1n) is 3.96. The Morgan fingerprint density at radius 2 is 0.944 bits per heavy atom. The molecule has 0 amide bonds. The predicted octanol–water partition coefficient (Wildman–Crippen LogP) is 2.12. The predicted molar refractivity (Wildman–Crippen MR) is 47.0 cm³/mol. The van der Waals surface area contributed by atoms with Crippen LogP contribution in [0.5, 0.6) is 0 Å². The Kier molecular flexibility index (Phi) is 6.65. The molecule has 0 radical (unpaired) electrons. The summed E-state index contributed by atoms with van der Waals surface area (Å²) in [5.41, 5.74) is -12.5. The fourth-order valence-electron chi connectivity index (χ4n) is 0.195. The van der Waals surface area contributed by atoms with Gasteiger partial charge in [-0.05, 0) is 0 Å². The summed E-state index contributed by atoms with van der Waals surface area (Å²) in [6, 6.07) is 0. The van der Waals surface area contributed by atoms with Crippen LogP contribution in [0.1, 0.15) is 20.3 Å². The van der Waals surface area contributed by atoms with Crippen molar-refractivity contribution >= 4 is 20.2 Å². The zero-order chi connectivity index (χ0) is 15.4. The molecule has 112 valence electrons. The lowest BCUT2D eigenvalue weighted by atomic mass is 10.6.